The summed E-state index contributed by atoms with van der Waals surface area (Å²) in [6, 6.07) is 27.3. The molecular weight excluding hydrogens is 438 g/mol. The van der Waals surface area contributed by atoms with Crippen LogP contribution in [0.15, 0.2) is 78.9 Å². The Kier molecular flexibility index (Phi) is 6.18. The van der Waals surface area contributed by atoms with Crippen molar-refractivity contribution in [3.8, 4) is 22.9 Å². The van der Waals surface area contributed by atoms with Crippen molar-refractivity contribution in [1.82, 2.24) is 9.88 Å². The van der Waals surface area contributed by atoms with Crippen LogP contribution in [0.2, 0.25) is 0 Å². The number of carbonyl (C=O) groups excluding carboxylic acids is 1. The predicted molar refractivity (Wildman–Crippen MR) is 138 cm³/mol. The highest BCUT2D eigenvalue weighted by Crippen LogP contribution is 2.30. The molecule has 7 heteroatoms. The molecule has 1 aromatic heterocycles. The normalized spacial score (nSPS) is 13.4. The molecule has 0 radical (unpaired) electrons. The van der Waals surface area contributed by atoms with Gasteiger partial charge in [-0.3, -0.25) is 0 Å². The minimum Gasteiger partial charge on any atom is -0.495 e. The Morgan fingerprint density at radius 1 is 0.971 bits per heavy atom. The smallest absolute Gasteiger partial charge is 0.322 e. The van der Waals surface area contributed by atoms with Crippen LogP contribution in [0.4, 0.5) is 16.3 Å². The van der Waals surface area contributed by atoms with Crippen LogP contribution in [0.1, 0.15) is 5.56 Å². The van der Waals surface area contributed by atoms with Gasteiger partial charge in [-0.05, 0) is 42.0 Å². The van der Waals surface area contributed by atoms with Crippen LogP contribution >= 0.6 is 0 Å². The van der Waals surface area contributed by atoms with Crippen LogP contribution in [0.25, 0.3) is 22.0 Å². The Balaban J connectivity index is 1.33. The lowest BCUT2D eigenvalue weighted by Crippen LogP contribution is -2.50. The van der Waals surface area contributed by atoms with E-state index in [-0.39, 0.29) is 6.03 Å². The highest BCUT2D eigenvalue weighted by atomic mass is 16.5. The van der Waals surface area contributed by atoms with E-state index in [0.717, 1.165) is 27.8 Å². The highest BCUT2D eigenvalue weighted by molar-refractivity contribution is 5.95. The molecule has 0 bridgehead atoms. The highest BCUT2D eigenvalue weighted by Gasteiger charge is 2.23. The Labute approximate surface area is 204 Å². The van der Waals surface area contributed by atoms with E-state index < -0.39 is 0 Å². The fraction of sp³-hybridized carbons (Fsp3) is 0.179. The molecule has 0 spiro atoms. The van der Waals surface area contributed by atoms with Gasteiger partial charge in [-0.2, -0.15) is 5.26 Å². The number of amides is 2. The average Bonchev–Trinajstić information content (AvgIpc) is 2.92. The number of ether oxygens (including phenoxy) is 1. The number of carbonyl (C=O) groups is 1. The van der Waals surface area contributed by atoms with Crippen LogP contribution in [0.5, 0.6) is 5.75 Å². The van der Waals surface area contributed by atoms with Crippen molar-refractivity contribution in [2.24, 2.45) is 0 Å². The third kappa shape index (κ3) is 4.59. The first-order valence-corrected chi connectivity index (χ1v) is 11.5. The topological polar surface area (TPSA) is 81.5 Å². The Morgan fingerprint density at radius 3 is 2.57 bits per heavy atom. The van der Waals surface area contributed by atoms with E-state index in [2.05, 4.69) is 22.4 Å². The van der Waals surface area contributed by atoms with Crippen LogP contribution in [0, 0.1) is 11.3 Å². The molecule has 174 valence electrons. The summed E-state index contributed by atoms with van der Waals surface area (Å²) in [5.74, 6) is 1.52. The number of nitrogens with one attached hydrogen (secondary N) is 1. The molecule has 7 nitrogen and oxygen atoms in total. The van der Waals surface area contributed by atoms with Gasteiger partial charge in [0.2, 0.25) is 0 Å². The molecule has 0 aliphatic carbocycles. The third-order valence-corrected chi connectivity index (χ3v) is 6.25. The van der Waals surface area contributed by atoms with Crippen LogP contribution < -0.4 is 15.0 Å². The molecular formula is C28H25N5O2. The summed E-state index contributed by atoms with van der Waals surface area (Å²) in [6.45, 7) is 2.55. The van der Waals surface area contributed by atoms with E-state index in [1.165, 1.54) is 0 Å². The van der Waals surface area contributed by atoms with E-state index in [4.69, 9.17) is 9.72 Å². The number of hydrogen-bond acceptors (Lipinski definition) is 5. The van der Waals surface area contributed by atoms with Crippen molar-refractivity contribution in [3.05, 3.63) is 84.4 Å². The lowest BCUT2D eigenvalue weighted by molar-refractivity contribution is 0.208. The molecule has 0 atom stereocenters. The van der Waals surface area contributed by atoms with Gasteiger partial charge in [0, 0.05) is 37.1 Å². The summed E-state index contributed by atoms with van der Waals surface area (Å²) in [6.07, 6.45) is 0. The average molecular weight is 464 g/mol. The van der Waals surface area contributed by atoms with E-state index in [0.29, 0.717) is 43.2 Å². The van der Waals surface area contributed by atoms with Gasteiger partial charge in [0.25, 0.3) is 0 Å². The molecule has 4 aromatic rings. The number of pyridine rings is 1. The van der Waals surface area contributed by atoms with Crippen molar-refractivity contribution in [3.63, 3.8) is 0 Å². The van der Waals surface area contributed by atoms with Gasteiger partial charge in [-0.25, -0.2) is 9.78 Å². The molecule has 1 saturated heterocycles. The number of methoxy groups -OCH3 is 1. The van der Waals surface area contributed by atoms with Crippen LogP contribution in [-0.2, 0) is 0 Å². The molecule has 35 heavy (non-hydrogen) atoms. The van der Waals surface area contributed by atoms with Gasteiger partial charge in [-0.1, -0.05) is 42.5 Å². The van der Waals surface area contributed by atoms with Crippen LogP contribution in [0.3, 0.4) is 0 Å². The monoisotopic (exact) mass is 463 g/mol. The number of fused-ring (bicyclic) bond motifs is 1. The molecule has 3 aromatic carbocycles. The third-order valence-electron chi connectivity index (χ3n) is 6.25. The second-order valence-electron chi connectivity index (χ2n) is 8.34. The summed E-state index contributed by atoms with van der Waals surface area (Å²) in [7, 11) is 1.59. The molecule has 0 saturated carbocycles. The molecule has 1 aliphatic rings. The van der Waals surface area contributed by atoms with Crippen LogP contribution in [-0.4, -0.2) is 49.2 Å². The van der Waals surface area contributed by atoms with Gasteiger partial charge in [-0.15, -0.1) is 0 Å². The van der Waals surface area contributed by atoms with Crippen molar-refractivity contribution in [2.45, 2.75) is 0 Å². The number of benzene rings is 3. The largest absolute Gasteiger partial charge is 0.495 e. The summed E-state index contributed by atoms with van der Waals surface area (Å²) < 4.78 is 5.33. The molecule has 1 fully saturated rings. The minimum absolute atomic E-state index is 0.139. The number of piperazine rings is 1. The first-order chi connectivity index (χ1) is 17.2. The van der Waals surface area contributed by atoms with E-state index >= 15 is 0 Å². The molecule has 1 aliphatic heterocycles. The maximum absolute atomic E-state index is 12.8. The molecule has 2 amide bonds. The first kappa shape index (κ1) is 22.2. The van der Waals surface area contributed by atoms with E-state index in [1.807, 2.05) is 71.6 Å². The number of anilines is 2. The van der Waals surface area contributed by atoms with Crippen molar-refractivity contribution in [2.75, 3.05) is 43.5 Å². The summed E-state index contributed by atoms with van der Waals surface area (Å²) in [5.41, 5.74) is 4.15. The zero-order chi connectivity index (χ0) is 24.2. The fourth-order valence-corrected chi connectivity index (χ4v) is 4.38. The second kappa shape index (κ2) is 9.74. The maximum Gasteiger partial charge on any atom is 0.322 e. The Morgan fingerprint density at radius 2 is 1.77 bits per heavy atom. The van der Waals surface area contributed by atoms with Crippen molar-refractivity contribution in [1.29, 1.82) is 5.26 Å². The second-order valence-corrected chi connectivity index (χ2v) is 8.34. The van der Waals surface area contributed by atoms with Crippen molar-refractivity contribution < 1.29 is 9.53 Å². The summed E-state index contributed by atoms with van der Waals surface area (Å²) in [4.78, 5) is 21.8. The molecule has 5 rings (SSSR count). The molecule has 1 N–H and O–H groups in total. The van der Waals surface area contributed by atoms with Gasteiger partial charge in [0.1, 0.15) is 11.6 Å². The van der Waals surface area contributed by atoms with Gasteiger partial charge < -0.3 is 19.9 Å². The number of nitriles is 1. The Bertz CT molecular complexity index is 1420. The van der Waals surface area contributed by atoms with Gasteiger partial charge in [0.15, 0.2) is 0 Å². The Hall–Kier alpha value is -4.57. The zero-order valence-corrected chi connectivity index (χ0v) is 19.4. The molecule has 0 unspecified atom stereocenters. The number of aromatic nitrogens is 1. The maximum atomic E-state index is 12.8. The van der Waals surface area contributed by atoms with Crippen molar-refractivity contribution >= 4 is 28.4 Å². The number of para-hydroxylation sites is 3. The quantitative estimate of drug-likeness (QED) is 0.453. The number of urea groups is 1. The minimum atomic E-state index is -0.139. The standard InChI is InChI=1S/C28H25N5O2/c1-35-25-11-3-2-10-24(25)30-28(34)33-16-14-32(15-17-33)26-13-12-21-7-5-9-23(27(21)31-26)22-8-4-6-20(18-22)19-29/h2-13,18H,14-17H2,1H3,(H,30,34). The predicted octanol–water partition coefficient (Wildman–Crippen LogP) is 5.14. The summed E-state index contributed by atoms with van der Waals surface area (Å²) in [5, 5.41) is 13.3. The summed E-state index contributed by atoms with van der Waals surface area (Å²) >= 11 is 0. The van der Waals surface area contributed by atoms with Gasteiger partial charge >= 0.3 is 6.03 Å². The number of rotatable bonds is 4. The van der Waals surface area contributed by atoms with E-state index in [9.17, 15) is 10.1 Å². The SMILES string of the molecule is COc1ccccc1NC(=O)N1CCN(c2ccc3cccc(-c4cccc(C#N)c4)c3n2)CC1. The first-order valence-electron chi connectivity index (χ1n) is 11.5. The fourth-order valence-electron chi connectivity index (χ4n) is 4.38. The molecule has 2 heterocycles. The number of hydrogen-bond donors (Lipinski definition) is 1. The zero-order valence-electron chi connectivity index (χ0n) is 19.4. The lowest BCUT2D eigenvalue weighted by atomic mass is 10.0. The number of nitrogens with zero attached hydrogens (tertiary/aromatic N) is 4. The van der Waals surface area contributed by atoms with E-state index in [1.54, 1.807) is 13.2 Å². The van der Waals surface area contributed by atoms with Gasteiger partial charge in [0.05, 0.1) is 29.9 Å². The lowest BCUT2D eigenvalue weighted by Gasteiger charge is -2.35.